The lowest BCUT2D eigenvalue weighted by atomic mass is 9.96. The van der Waals surface area contributed by atoms with Gasteiger partial charge in [-0.1, -0.05) is 0 Å². The van der Waals surface area contributed by atoms with Crippen molar-refractivity contribution in [3.05, 3.63) is 0 Å². The first-order chi connectivity index (χ1) is 8.49. The molecule has 3 atom stereocenters. The minimum absolute atomic E-state index is 0.00556. The van der Waals surface area contributed by atoms with Crippen LogP contribution in [0.4, 0.5) is 0 Å². The Morgan fingerprint density at radius 1 is 1.06 bits per heavy atom. The number of hydrogen-bond donors (Lipinski definition) is 2. The average Bonchev–Trinajstić information content (AvgIpc) is 2.69. The summed E-state index contributed by atoms with van der Waals surface area (Å²) in [5.41, 5.74) is 0. The van der Waals surface area contributed by atoms with E-state index in [1.807, 2.05) is 0 Å². The smallest absolute Gasteiger partial charge is 0.227 e. The lowest BCUT2D eigenvalue weighted by Gasteiger charge is -2.33. The fourth-order valence-electron chi connectivity index (χ4n) is 2.67. The van der Waals surface area contributed by atoms with Crippen molar-refractivity contribution >= 4 is 11.8 Å². The van der Waals surface area contributed by atoms with Crippen molar-refractivity contribution in [1.29, 1.82) is 0 Å². The van der Waals surface area contributed by atoms with Crippen LogP contribution in [0.5, 0.6) is 0 Å². The van der Waals surface area contributed by atoms with Gasteiger partial charge in [-0.15, -0.1) is 0 Å². The van der Waals surface area contributed by atoms with Crippen molar-refractivity contribution in [2.45, 2.75) is 32.0 Å². The van der Waals surface area contributed by atoms with Gasteiger partial charge in [-0.3, -0.25) is 9.59 Å². The minimum atomic E-state index is -0.846. The Hall–Kier alpha value is -1.14. The van der Waals surface area contributed by atoms with Crippen LogP contribution in [0.25, 0.3) is 0 Å². The van der Waals surface area contributed by atoms with E-state index in [1.54, 1.807) is 4.90 Å². The third-order valence-corrected chi connectivity index (χ3v) is 3.79. The van der Waals surface area contributed by atoms with Crippen LogP contribution in [-0.4, -0.2) is 70.2 Å². The molecular formula is C12H20N2O4. The van der Waals surface area contributed by atoms with Crippen LogP contribution in [0.1, 0.15) is 19.8 Å². The van der Waals surface area contributed by atoms with E-state index >= 15 is 0 Å². The molecular weight excluding hydrogens is 236 g/mol. The highest BCUT2D eigenvalue weighted by atomic mass is 16.3. The molecule has 102 valence electrons. The maximum atomic E-state index is 12.2. The molecule has 0 bridgehead atoms. The highest BCUT2D eigenvalue weighted by molar-refractivity contribution is 5.81. The molecule has 2 saturated heterocycles. The monoisotopic (exact) mass is 256 g/mol. The summed E-state index contributed by atoms with van der Waals surface area (Å²) in [6, 6.07) is 0. The average molecular weight is 256 g/mol. The fraction of sp³-hybridized carbons (Fsp3) is 0.833. The zero-order valence-corrected chi connectivity index (χ0v) is 10.6. The van der Waals surface area contributed by atoms with Crippen molar-refractivity contribution in [3.63, 3.8) is 0 Å². The molecule has 0 aliphatic carbocycles. The fourth-order valence-corrected chi connectivity index (χ4v) is 2.67. The molecule has 0 aromatic heterocycles. The zero-order valence-electron chi connectivity index (χ0n) is 10.6. The van der Waals surface area contributed by atoms with Gasteiger partial charge in [0.25, 0.3) is 0 Å². The lowest BCUT2D eigenvalue weighted by molar-refractivity contribution is -0.139. The highest BCUT2D eigenvalue weighted by Crippen LogP contribution is 2.21. The summed E-state index contributed by atoms with van der Waals surface area (Å²) >= 11 is 0. The van der Waals surface area contributed by atoms with E-state index in [4.69, 9.17) is 0 Å². The second kappa shape index (κ2) is 5.24. The molecule has 0 aromatic rings. The van der Waals surface area contributed by atoms with Gasteiger partial charge in [-0.05, 0) is 12.8 Å². The van der Waals surface area contributed by atoms with Crippen LogP contribution in [0.3, 0.4) is 0 Å². The molecule has 0 saturated carbocycles. The molecule has 2 N–H and O–H groups in total. The maximum absolute atomic E-state index is 12.2. The van der Waals surface area contributed by atoms with E-state index in [1.165, 1.54) is 11.8 Å². The van der Waals surface area contributed by atoms with Gasteiger partial charge in [0.1, 0.15) is 0 Å². The zero-order chi connectivity index (χ0) is 13.3. The Morgan fingerprint density at radius 2 is 1.67 bits per heavy atom. The molecule has 2 rings (SSSR count). The van der Waals surface area contributed by atoms with E-state index in [0.29, 0.717) is 13.1 Å². The molecule has 6 nitrogen and oxygen atoms in total. The normalized spacial score (nSPS) is 32.7. The quantitative estimate of drug-likeness (QED) is 0.618. The number of rotatable bonds is 1. The third kappa shape index (κ3) is 2.64. The summed E-state index contributed by atoms with van der Waals surface area (Å²) in [4.78, 5) is 26.7. The Labute approximate surface area is 106 Å². The van der Waals surface area contributed by atoms with Crippen LogP contribution >= 0.6 is 0 Å². The standard InChI is InChI=1S/C12H20N2O4/c1-8(15)13-4-2-3-9(5-13)12(18)14-6-10(16)11(17)7-14/h9-11,16-17H,2-7H2,1H3. The summed E-state index contributed by atoms with van der Waals surface area (Å²) < 4.78 is 0. The summed E-state index contributed by atoms with van der Waals surface area (Å²) in [6.45, 7) is 3.06. The molecule has 2 fully saturated rings. The predicted octanol–water partition coefficient (Wildman–Crippen LogP) is -1.19. The maximum Gasteiger partial charge on any atom is 0.227 e. The van der Waals surface area contributed by atoms with Crippen molar-refractivity contribution < 1.29 is 19.8 Å². The lowest BCUT2D eigenvalue weighted by Crippen LogP contribution is -2.45. The molecule has 0 spiro atoms. The second-order valence-corrected chi connectivity index (χ2v) is 5.18. The number of piperidine rings is 1. The van der Waals surface area contributed by atoms with Gasteiger partial charge in [0.2, 0.25) is 11.8 Å². The first kappa shape index (κ1) is 13.3. The van der Waals surface area contributed by atoms with E-state index < -0.39 is 12.2 Å². The van der Waals surface area contributed by atoms with Crippen molar-refractivity contribution in [2.75, 3.05) is 26.2 Å². The molecule has 2 aliphatic rings. The molecule has 2 amide bonds. The summed E-state index contributed by atoms with van der Waals surface area (Å²) in [7, 11) is 0. The number of amides is 2. The van der Waals surface area contributed by atoms with Gasteiger partial charge in [0, 0.05) is 33.1 Å². The van der Waals surface area contributed by atoms with E-state index in [0.717, 1.165) is 12.8 Å². The van der Waals surface area contributed by atoms with Gasteiger partial charge in [0.15, 0.2) is 0 Å². The topological polar surface area (TPSA) is 81.1 Å². The van der Waals surface area contributed by atoms with Gasteiger partial charge in [-0.25, -0.2) is 0 Å². The van der Waals surface area contributed by atoms with E-state index in [9.17, 15) is 19.8 Å². The summed E-state index contributed by atoms with van der Waals surface area (Å²) in [5, 5.41) is 18.9. The Balaban J connectivity index is 1.95. The number of carbonyl (C=O) groups excluding carboxylic acids is 2. The van der Waals surface area contributed by atoms with Crippen LogP contribution in [0, 0.1) is 5.92 Å². The highest BCUT2D eigenvalue weighted by Gasteiger charge is 2.37. The number of hydrogen-bond acceptors (Lipinski definition) is 4. The molecule has 6 heteroatoms. The number of carbonyl (C=O) groups is 2. The van der Waals surface area contributed by atoms with Crippen molar-refractivity contribution in [1.82, 2.24) is 9.80 Å². The van der Waals surface area contributed by atoms with E-state index in [2.05, 4.69) is 0 Å². The number of aliphatic hydroxyl groups excluding tert-OH is 2. The first-order valence-corrected chi connectivity index (χ1v) is 6.39. The SMILES string of the molecule is CC(=O)N1CCCC(C(=O)N2CC(O)C(O)C2)C1. The van der Waals surface area contributed by atoms with Crippen molar-refractivity contribution in [3.8, 4) is 0 Å². The van der Waals surface area contributed by atoms with Gasteiger partial charge >= 0.3 is 0 Å². The predicted molar refractivity (Wildman–Crippen MR) is 63.6 cm³/mol. The number of likely N-dealkylation sites (tertiary alicyclic amines) is 2. The molecule has 18 heavy (non-hydrogen) atoms. The molecule has 2 aliphatic heterocycles. The molecule has 3 unspecified atom stereocenters. The van der Waals surface area contributed by atoms with E-state index in [-0.39, 0.29) is 30.8 Å². The third-order valence-electron chi connectivity index (χ3n) is 3.79. The summed E-state index contributed by atoms with van der Waals surface area (Å²) in [6.07, 6.45) is -0.0943. The number of β-amino-alcohol motifs (C(OH)–C–C–N with tert-alkyl or cyclic N) is 2. The molecule has 2 heterocycles. The minimum Gasteiger partial charge on any atom is -0.388 e. The van der Waals surface area contributed by atoms with Crippen molar-refractivity contribution in [2.24, 2.45) is 5.92 Å². The van der Waals surface area contributed by atoms with Gasteiger partial charge in [0.05, 0.1) is 18.1 Å². The molecule has 0 radical (unpaired) electrons. The van der Waals surface area contributed by atoms with Gasteiger partial charge < -0.3 is 20.0 Å². The van der Waals surface area contributed by atoms with Crippen LogP contribution in [-0.2, 0) is 9.59 Å². The number of nitrogens with zero attached hydrogens (tertiary/aromatic N) is 2. The number of aliphatic hydroxyl groups is 2. The Bertz CT molecular complexity index is 337. The summed E-state index contributed by atoms with van der Waals surface area (Å²) in [5.74, 6) is -0.259. The first-order valence-electron chi connectivity index (χ1n) is 6.39. The van der Waals surface area contributed by atoms with Crippen LogP contribution < -0.4 is 0 Å². The van der Waals surface area contributed by atoms with Crippen LogP contribution in [0.15, 0.2) is 0 Å². The Morgan fingerprint density at radius 3 is 2.22 bits per heavy atom. The molecule has 0 aromatic carbocycles. The largest absolute Gasteiger partial charge is 0.388 e. The van der Waals surface area contributed by atoms with Gasteiger partial charge in [-0.2, -0.15) is 0 Å². The second-order valence-electron chi connectivity index (χ2n) is 5.18. The van der Waals surface area contributed by atoms with Crippen LogP contribution in [0.2, 0.25) is 0 Å². The Kier molecular flexibility index (Phi) is 3.87.